The first kappa shape index (κ1) is 21.1. The average Bonchev–Trinajstić information content (AvgIpc) is 2.74. The van der Waals surface area contributed by atoms with Crippen molar-refractivity contribution in [2.24, 2.45) is 0 Å². The average molecular weight is 814 g/mol. The zero-order chi connectivity index (χ0) is 19.6. The molecule has 0 nitrogen and oxygen atoms in total. The van der Waals surface area contributed by atoms with Gasteiger partial charge in [-0.15, -0.1) is 0 Å². The quantitative estimate of drug-likeness (QED) is 0.144. The molecule has 0 bridgehead atoms. The summed E-state index contributed by atoms with van der Waals surface area (Å²) in [5, 5.41) is 0. The van der Waals surface area contributed by atoms with Gasteiger partial charge in [0.25, 0.3) is 0 Å². The zero-order valence-electron chi connectivity index (χ0n) is 14.9. The van der Waals surface area contributed by atoms with E-state index in [1.54, 1.807) is 3.61 Å². The Morgan fingerprint density at radius 3 is 1.14 bits per heavy atom. The van der Waals surface area contributed by atoms with Crippen LogP contribution in [0.2, 0.25) is 0 Å². The molecule has 0 fully saturated rings. The van der Waals surface area contributed by atoms with E-state index in [0.29, 0.717) is 0 Å². The summed E-state index contributed by atoms with van der Waals surface area (Å²) in [7, 11) is 0. The maximum atomic E-state index is 2.74. The Balaban J connectivity index is 2.08. The molecular weight excluding hydrogens is 797 g/mol. The molecule has 0 amide bonds. The van der Waals surface area contributed by atoms with Crippen molar-refractivity contribution in [2.45, 2.75) is 0 Å². The molecule has 0 unspecified atom stereocenters. The fourth-order valence-corrected chi connectivity index (χ4v) is 15.3. The van der Waals surface area contributed by atoms with E-state index in [4.69, 9.17) is 0 Å². The van der Waals surface area contributed by atoms with Gasteiger partial charge >= 0.3 is 203 Å². The SMILES string of the molecule is I[Te](I)(I)c1c(-c2ccccc2)cc(-c2ccccc2)cc1-c1ccccc1. The molecule has 0 heterocycles. The summed E-state index contributed by atoms with van der Waals surface area (Å²) in [5.74, 6) is 0. The number of hydrogen-bond donors (Lipinski definition) is 0. The molecule has 4 rings (SSSR count). The molecule has 4 aromatic carbocycles. The van der Waals surface area contributed by atoms with Crippen LogP contribution in [-0.2, 0) is 0 Å². The summed E-state index contributed by atoms with van der Waals surface area (Å²) in [5.41, 5.74) is 7.89. The van der Waals surface area contributed by atoms with E-state index < -0.39 is 6.35 Å². The van der Waals surface area contributed by atoms with E-state index in [2.05, 4.69) is 159 Å². The van der Waals surface area contributed by atoms with Crippen molar-refractivity contribution in [1.29, 1.82) is 0 Å². The van der Waals surface area contributed by atoms with E-state index in [1.165, 1.54) is 33.4 Å². The molecule has 0 radical (unpaired) electrons. The van der Waals surface area contributed by atoms with Gasteiger partial charge in [0.15, 0.2) is 0 Å². The first-order chi connectivity index (χ1) is 13.5. The van der Waals surface area contributed by atoms with Crippen molar-refractivity contribution in [3.05, 3.63) is 103 Å². The van der Waals surface area contributed by atoms with Crippen molar-refractivity contribution in [2.75, 3.05) is 0 Å². The van der Waals surface area contributed by atoms with E-state index >= 15 is 0 Å². The second-order valence-electron chi connectivity index (χ2n) is 6.40. The Bertz CT molecular complexity index is 1010. The van der Waals surface area contributed by atoms with E-state index in [9.17, 15) is 0 Å². The molecule has 0 spiro atoms. The Morgan fingerprint density at radius 2 is 0.786 bits per heavy atom. The van der Waals surface area contributed by atoms with Crippen molar-refractivity contribution in [1.82, 2.24) is 0 Å². The summed E-state index contributed by atoms with van der Waals surface area (Å²) < 4.78 is 1.54. The minimum absolute atomic E-state index is 1.26. The molecule has 0 aliphatic carbocycles. The molecule has 0 aromatic heterocycles. The molecule has 0 saturated carbocycles. The number of hydrogen-bond acceptors (Lipinski definition) is 0. The van der Waals surface area contributed by atoms with Gasteiger partial charge in [0, 0.05) is 0 Å². The molecule has 0 aliphatic heterocycles. The van der Waals surface area contributed by atoms with Gasteiger partial charge in [0.2, 0.25) is 0 Å². The second-order valence-corrected chi connectivity index (χ2v) is 70.4. The molecule has 0 aliphatic rings. The van der Waals surface area contributed by atoms with E-state index in [-0.39, 0.29) is 0 Å². The molecule has 4 aromatic rings. The van der Waals surface area contributed by atoms with Crippen LogP contribution in [0.3, 0.4) is 0 Å². The van der Waals surface area contributed by atoms with E-state index in [1.807, 2.05) is 0 Å². The van der Waals surface area contributed by atoms with Crippen LogP contribution in [0.4, 0.5) is 0 Å². The Labute approximate surface area is 199 Å². The van der Waals surface area contributed by atoms with Gasteiger partial charge in [-0.25, -0.2) is 0 Å². The van der Waals surface area contributed by atoms with Gasteiger partial charge in [0.1, 0.15) is 0 Å². The fraction of sp³-hybridized carbons (Fsp3) is 0. The topological polar surface area (TPSA) is 0 Å². The van der Waals surface area contributed by atoms with E-state index in [0.717, 1.165) is 0 Å². The molecule has 4 heteroatoms. The summed E-state index contributed by atoms with van der Waals surface area (Å²) in [6, 6.07) is 37.2. The second kappa shape index (κ2) is 9.34. The maximum absolute atomic E-state index is 2.74. The standard InChI is InChI=1S/C24H17I3Te/c25-28(26,27)24-22(19-12-6-2-7-13-19)16-21(18-10-4-1-5-11-18)17-23(24)20-14-8-3-9-15-20/h1-17H. The van der Waals surface area contributed by atoms with Crippen LogP contribution >= 0.6 is 56.1 Å². The van der Waals surface area contributed by atoms with Crippen LogP contribution < -0.4 is 3.61 Å². The fourth-order valence-electron chi connectivity index (χ4n) is 3.34. The Hall–Kier alpha value is -0.140. The van der Waals surface area contributed by atoms with Crippen LogP contribution in [0.1, 0.15) is 0 Å². The Morgan fingerprint density at radius 1 is 0.429 bits per heavy atom. The van der Waals surface area contributed by atoms with Gasteiger partial charge in [-0.3, -0.25) is 0 Å². The number of halogens is 3. The van der Waals surface area contributed by atoms with Crippen molar-refractivity contribution in [3.8, 4) is 33.4 Å². The molecule has 28 heavy (non-hydrogen) atoms. The zero-order valence-corrected chi connectivity index (χ0v) is 23.7. The molecule has 140 valence electrons. The van der Waals surface area contributed by atoms with Crippen LogP contribution in [-0.4, -0.2) is 6.35 Å². The predicted octanol–water partition coefficient (Wildman–Crippen LogP) is 8.14. The number of rotatable bonds is 4. The third kappa shape index (κ3) is 4.77. The van der Waals surface area contributed by atoms with Crippen LogP contribution in [0.15, 0.2) is 103 Å². The summed E-state index contributed by atoms with van der Waals surface area (Å²) in [4.78, 5) is 0. The summed E-state index contributed by atoms with van der Waals surface area (Å²) >= 11 is 8.21. The van der Waals surface area contributed by atoms with Gasteiger partial charge in [-0.05, 0) is 0 Å². The summed E-state index contributed by atoms with van der Waals surface area (Å²) in [6.07, 6.45) is -2.30. The van der Waals surface area contributed by atoms with Crippen LogP contribution in [0, 0.1) is 0 Å². The van der Waals surface area contributed by atoms with Crippen molar-refractivity contribution < 1.29 is 0 Å². The number of benzene rings is 4. The van der Waals surface area contributed by atoms with Gasteiger partial charge in [-0.2, -0.15) is 0 Å². The molecule has 0 saturated heterocycles. The van der Waals surface area contributed by atoms with Gasteiger partial charge in [0.05, 0.1) is 0 Å². The summed E-state index contributed by atoms with van der Waals surface area (Å²) in [6.45, 7) is 0. The normalized spacial score (nSPS) is 12.0. The van der Waals surface area contributed by atoms with Crippen molar-refractivity contribution in [3.63, 3.8) is 0 Å². The first-order valence-corrected chi connectivity index (χ1v) is 30.3. The first-order valence-electron chi connectivity index (χ1n) is 8.80. The van der Waals surface area contributed by atoms with Crippen LogP contribution in [0.25, 0.3) is 33.4 Å². The molecular formula is C24H17I3Te. The third-order valence-electron chi connectivity index (χ3n) is 4.60. The Kier molecular flexibility index (Phi) is 7.04. The minimum atomic E-state index is -2.30. The van der Waals surface area contributed by atoms with Crippen LogP contribution in [0.5, 0.6) is 0 Å². The monoisotopic (exact) mass is 816 g/mol. The van der Waals surface area contributed by atoms with Crippen molar-refractivity contribution >= 4 is 66.0 Å². The predicted molar refractivity (Wildman–Crippen MR) is 150 cm³/mol. The molecule has 0 atom stereocenters. The van der Waals surface area contributed by atoms with Gasteiger partial charge in [-0.1, -0.05) is 0 Å². The molecule has 0 N–H and O–H groups in total. The van der Waals surface area contributed by atoms with Gasteiger partial charge < -0.3 is 0 Å². The third-order valence-corrected chi connectivity index (χ3v) is 16.0.